The van der Waals surface area contributed by atoms with Crippen molar-refractivity contribution in [2.75, 3.05) is 0 Å². The molecule has 0 unspecified atom stereocenters. The third-order valence-electron chi connectivity index (χ3n) is 11.0. The maximum absolute atomic E-state index is 13.0. The van der Waals surface area contributed by atoms with Gasteiger partial charge >= 0.3 is 5.97 Å². The van der Waals surface area contributed by atoms with Gasteiger partial charge in [0, 0.05) is 18.0 Å². The SMILES string of the molecule is CCCCCCCCCc1cnc(-c2ccc(OC(=O)[C@H]3CC[C@H]([C@H]4CC[C@H](CCCCCCCCC)CC4)CC3)cc2)nc1. The van der Waals surface area contributed by atoms with Gasteiger partial charge in [-0.15, -0.1) is 0 Å². The molecule has 2 saturated carbocycles. The minimum Gasteiger partial charge on any atom is -0.426 e. The van der Waals surface area contributed by atoms with E-state index in [0.29, 0.717) is 5.75 Å². The lowest BCUT2D eigenvalue weighted by molar-refractivity contribution is -0.140. The van der Waals surface area contributed by atoms with Gasteiger partial charge in [0.1, 0.15) is 5.75 Å². The first-order valence-corrected chi connectivity index (χ1v) is 19.3. The Balaban J connectivity index is 1.09. The minimum absolute atomic E-state index is 0.0433. The van der Waals surface area contributed by atoms with Crippen LogP contribution < -0.4 is 4.74 Å². The Bertz CT molecular complexity index is 1050. The number of benzene rings is 1. The summed E-state index contributed by atoms with van der Waals surface area (Å²) in [4.78, 5) is 22.2. The molecule has 0 N–H and O–H groups in total. The molecule has 2 aromatic rings. The molecule has 45 heavy (non-hydrogen) atoms. The summed E-state index contributed by atoms with van der Waals surface area (Å²) < 4.78 is 5.84. The smallest absolute Gasteiger partial charge is 0.314 e. The summed E-state index contributed by atoms with van der Waals surface area (Å²) in [5, 5.41) is 0. The topological polar surface area (TPSA) is 52.1 Å². The molecule has 1 aromatic heterocycles. The summed E-state index contributed by atoms with van der Waals surface area (Å²) in [5.41, 5.74) is 2.16. The van der Waals surface area contributed by atoms with Gasteiger partial charge < -0.3 is 4.74 Å². The van der Waals surface area contributed by atoms with E-state index in [4.69, 9.17) is 4.74 Å². The van der Waals surface area contributed by atoms with Crippen molar-refractivity contribution in [2.24, 2.45) is 23.7 Å². The molecule has 2 aliphatic rings. The lowest BCUT2D eigenvalue weighted by Gasteiger charge is -2.37. The van der Waals surface area contributed by atoms with Gasteiger partial charge in [0.05, 0.1) is 5.92 Å². The number of aryl methyl sites for hydroxylation is 1. The van der Waals surface area contributed by atoms with Gasteiger partial charge in [-0.05, 0) is 98.9 Å². The van der Waals surface area contributed by atoms with Crippen molar-refractivity contribution < 1.29 is 9.53 Å². The number of ether oxygens (including phenoxy) is 1. The molecule has 1 heterocycles. The number of hydrogen-bond donors (Lipinski definition) is 0. The zero-order valence-electron chi connectivity index (χ0n) is 29.0. The molecule has 0 spiro atoms. The number of nitrogens with zero attached hydrogens (tertiary/aromatic N) is 2. The number of aromatic nitrogens is 2. The largest absolute Gasteiger partial charge is 0.426 e. The van der Waals surface area contributed by atoms with Gasteiger partial charge in [-0.2, -0.15) is 0 Å². The van der Waals surface area contributed by atoms with Crippen LogP contribution in [-0.2, 0) is 11.2 Å². The Morgan fingerprint density at radius 3 is 1.73 bits per heavy atom. The van der Waals surface area contributed by atoms with E-state index in [1.807, 2.05) is 36.7 Å². The van der Waals surface area contributed by atoms with Crippen LogP contribution in [0.15, 0.2) is 36.7 Å². The average Bonchev–Trinajstić information content (AvgIpc) is 3.08. The summed E-state index contributed by atoms with van der Waals surface area (Å²) in [6.07, 6.45) is 35.6. The van der Waals surface area contributed by atoms with Gasteiger partial charge in [-0.1, -0.05) is 117 Å². The van der Waals surface area contributed by atoms with Crippen LogP contribution in [0, 0.1) is 23.7 Å². The highest BCUT2D eigenvalue weighted by Gasteiger charge is 2.33. The number of unbranched alkanes of at least 4 members (excludes halogenated alkanes) is 12. The second kappa shape index (κ2) is 20.8. The van der Waals surface area contributed by atoms with E-state index < -0.39 is 0 Å². The Hall–Kier alpha value is -2.23. The average molecular weight is 617 g/mol. The lowest BCUT2D eigenvalue weighted by Crippen LogP contribution is -2.30. The number of rotatable bonds is 20. The maximum Gasteiger partial charge on any atom is 0.314 e. The van der Waals surface area contributed by atoms with Gasteiger partial charge in [-0.25, -0.2) is 9.97 Å². The summed E-state index contributed by atoms with van der Waals surface area (Å²) in [7, 11) is 0. The van der Waals surface area contributed by atoms with Crippen molar-refractivity contribution in [3.05, 3.63) is 42.2 Å². The zero-order valence-corrected chi connectivity index (χ0v) is 29.0. The van der Waals surface area contributed by atoms with Gasteiger partial charge in [0.2, 0.25) is 0 Å². The third-order valence-corrected chi connectivity index (χ3v) is 11.0. The van der Waals surface area contributed by atoms with Crippen LogP contribution >= 0.6 is 0 Å². The van der Waals surface area contributed by atoms with E-state index in [-0.39, 0.29) is 11.9 Å². The van der Waals surface area contributed by atoms with Gasteiger partial charge in [-0.3, -0.25) is 4.79 Å². The van der Waals surface area contributed by atoms with Gasteiger partial charge in [0.15, 0.2) is 5.82 Å². The molecule has 0 saturated heterocycles. The predicted molar refractivity (Wildman–Crippen MR) is 188 cm³/mol. The lowest BCUT2D eigenvalue weighted by atomic mass is 9.68. The molecular formula is C41H64N2O2. The summed E-state index contributed by atoms with van der Waals surface area (Å²) in [5.74, 6) is 4.01. The molecule has 2 fully saturated rings. The van der Waals surface area contributed by atoms with E-state index in [1.165, 1.54) is 140 Å². The fourth-order valence-corrected chi connectivity index (χ4v) is 7.96. The molecule has 2 aliphatic carbocycles. The second-order valence-corrected chi connectivity index (χ2v) is 14.5. The van der Waals surface area contributed by atoms with E-state index in [2.05, 4.69) is 23.8 Å². The molecule has 4 heteroatoms. The number of esters is 1. The Morgan fingerprint density at radius 2 is 1.16 bits per heavy atom. The Morgan fingerprint density at radius 1 is 0.644 bits per heavy atom. The Labute approximate surface area is 276 Å². The van der Waals surface area contributed by atoms with Crippen LogP contribution in [0.3, 0.4) is 0 Å². The first-order valence-electron chi connectivity index (χ1n) is 19.3. The van der Waals surface area contributed by atoms with Crippen LogP contribution in [0.4, 0.5) is 0 Å². The number of carbonyl (C=O) groups excluding carboxylic acids is 1. The van der Waals surface area contributed by atoms with Crippen molar-refractivity contribution in [2.45, 2.75) is 168 Å². The Kier molecular flexibility index (Phi) is 16.5. The molecule has 0 bridgehead atoms. The quantitative estimate of drug-likeness (QED) is 0.0843. The molecule has 0 atom stereocenters. The van der Waals surface area contributed by atoms with E-state index in [0.717, 1.165) is 48.4 Å². The molecule has 0 amide bonds. The van der Waals surface area contributed by atoms with Crippen molar-refractivity contribution in [3.8, 4) is 17.1 Å². The molecule has 4 nitrogen and oxygen atoms in total. The van der Waals surface area contributed by atoms with Crippen LogP contribution in [0.5, 0.6) is 5.75 Å². The molecule has 1 aromatic carbocycles. The monoisotopic (exact) mass is 616 g/mol. The highest BCUT2D eigenvalue weighted by molar-refractivity contribution is 5.75. The van der Waals surface area contributed by atoms with Crippen LogP contribution in [-0.4, -0.2) is 15.9 Å². The van der Waals surface area contributed by atoms with Crippen LogP contribution in [0.2, 0.25) is 0 Å². The van der Waals surface area contributed by atoms with E-state index in [1.54, 1.807) is 0 Å². The maximum atomic E-state index is 13.0. The first kappa shape index (κ1) is 35.6. The minimum atomic E-state index is -0.0504. The van der Waals surface area contributed by atoms with Crippen molar-refractivity contribution in [1.82, 2.24) is 9.97 Å². The highest BCUT2D eigenvalue weighted by atomic mass is 16.5. The highest BCUT2D eigenvalue weighted by Crippen LogP contribution is 2.42. The van der Waals surface area contributed by atoms with E-state index in [9.17, 15) is 4.79 Å². The van der Waals surface area contributed by atoms with Crippen molar-refractivity contribution >= 4 is 5.97 Å². The standard InChI is InChI=1S/C41H64N2O2/c1-3-5-7-9-11-13-15-17-33-19-21-35(22-20-33)36-23-25-38(26-24-36)41(44)45-39-29-27-37(28-30-39)40-42-31-34(32-43-40)18-16-14-12-10-8-6-4-2/h27-33,35-36,38H,3-26H2,1-2H3/t33-,35-,36-,38-. The van der Waals surface area contributed by atoms with Gasteiger partial charge in [0.25, 0.3) is 0 Å². The second-order valence-electron chi connectivity index (χ2n) is 14.5. The van der Waals surface area contributed by atoms with E-state index >= 15 is 0 Å². The summed E-state index contributed by atoms with van der Waals surface area (Å²) >= 11 is 0. The molecule has 0 aliphatic heterocycles. The van der Waals surface area contributed by atoms with Crippen LogP contribution in [0.1, 0.15) is 167 Å². The fourth-order valence-electron chi connectivity index (χ4n) is 7.96. The zero-order chi connectivity index (χ0) is 31.5. The molecule has 250 valence electrons. The first-order chi connectivity index (χ1) is 22.2. The summed E-state index contributed by atoms with van der Waals surface area (Å²) in [6, 6.07) is 7.71. The normalized spacial score (nSPS) is 21.9. The molecule has 0 radical (unpaired) electrons. The van der Waals surface area contributed by atoms with Crippen LogP contribution in [0.25, 0.3) is 11.4 Å². The summed E-state index contributed by atoms with van der Waals surface area (Å²) in [6.45, 7) is 4.56. The fraction of sp³-hybridized carbons (Fsp3) is 0.732. The third kappa shape index (κ3) is 12.8. The van der Waals surface area contributed by atoms with Crippen molar-refractivity contribution in [1.29, 1.82) is 0 Å². The number of carbonyl (C=O) groups is 1. The van der Waals surface area contributed by atoms with Crippen molar-refractivity contribution in [3.63, 3.8) is 0 Å². The molecular weight excluding hydrogens is 552 g/mol. The molecule has 4 rings (SSSR count). The predicted octanol–water partition coefficient (Wildman–Crippen LogP) is 12.1. The number of hydrogen-bond acceptors (Lipinski definition) is 4.